The summed E-state index contributed by atoms with van der Waals surface area (Å²) in [6, 6.07) is 10.7. The molecule has 1 aromatic carbocycles. The van der Waals surface area contributed by atoms with E-state index < -0.39 is 0 Å². The highest BCUT2D eigenvalue weighted by Crippen LogP contribution is 2.32. The largest absolute Gasteiger partial charge is 0.483 e. The van der Waals surface area contributed by atoms with Gasteiger partial charge in [-0.05, 0) is 37.0 Å². The second kappa shape index (κ2) is 7.64. The summed E-state index contributed by atoms with van der Waals surface area (Å²) in [4.78, 5) is 34.5. The maximum absolute atomic E-state index is 12.3. The topological polar surface area (TPSA) is 117 Å². The van der Waals surface area contributed by atoms with E-state index in [0.717, 1.165) is 17.4 Å². The lowest BCUT2D eigenvalue weighted by atomic mass is 10.2. The molecule has 8 heteroatoms. The van der Waals surface area contributed by atoms with Crippen LogP contribution in [-0.2, 0) is 11.3 Å². The van der Waals surface area contributed by atoms with E-state index in [1.54, 1.807) is 6.07 Å². The molecule has 0 radical (unpaired) electrons. The van der Waals surface area contributed by atoms with Gasteiger partial charge in [0.2, 0.25) is 5.56 Å². The first kappa shape index (κ1) is 17.4. The molecule has 1 aliphatic rings. The number of nitrogens with zero attached hydrogens (tertiary/aromatic N) is 2. The van der Waals surface area contributed by atoms with Gasteiger partial charge < -0.3 is 15.4 Å². The zero-order valence-corrected chi connectivity index (χ0v) is 13.9. The Morgan fingerprint density at radius 1 is 1.35 bits per heavy atom. The molecule has 0 bridgehead atoms. The number of benzene rings is 1. The summed E-state index contributed by atoms with van der Waals surface area (Å²) in [5.74, 6) is 0.888. The molecule has 4 rings (SSSR count). The summed E-state index contributed by atoms with van der Waals surface area (Å²) in [6.45, 7) is 0.626. The highest BCUT2D eigenvalue weighted by Gasteiger charge is 2.24. The molecule has 0 unspecified atom stereocenters. The van der Waals surface area contributed by atoms with Crippen LogP contribution < -0.4 is 10.9 Å². The van der Waals surface area contributed by atoms with Crippen LogP contribution >= 0.6 is 0 Å². The van der Waals surface area contributed by atoms with Crippen molar-refractivity contribution in [3.63, 3.8) is 0 Å². The van der Waals surface area contributed by atoms with Crippen molar-refractivity contribution >= 4 is 29.1 Å². The number of aromatic nitrogens is 3. The quantitative estimate of drug-likeness (QED) is 0.620. The van der Waals surface area contributed by atoms with Crippen molar-refractivity contribution in [3.8, 4) is 0 Å². The third kappa shape index (κ3) is 3.97. The molecule has 0 atom stereocenters. The van der Waals surface area contributed by atoms with Gasteiger partial charge in [-0.1, -0.05) is 12.1 Å². The highest BCUT2D eigenvalue weighted by molar-refractivity contribution is 6.07. The number of hydrogen-bond donors (Lipinski definition) is 3. The number of hydrogen-bond acceptors (Lipinski definition) is 4. The molecule has 1 fully saturated rings. The highest BCUT2D eigenvalue weighted by atomic mass is 16.3. The van der Waals surface area contributed by atoms with Crippen LogP contribution in [0.15, 0.2) is 47.4 Å². The van der Waals surface area contributed by atoms with Crippen LogP contribution in [0.25, 0.3) is 10.9 Å². The van der Waals surface area contributed by atoms with Gasteiger partial charge in [0.05, 0.1) is 5.52 Å². The lowest BCUT2D eigenvalue weighted by Gasteiger charge is -2.02. The van der Waals surface area contributed by atoms with Gasteiger partial charge in [-0.2, -0.15) is 5.10 Å². The number of carbonyl (C=O) groups excluding carboxylic acids is 1. The third-order valence-electron chi connectivity index (χ3n) is 4.06. The van der Waals surface area contributed by atoms with Crippen molar-refractivity contribution in [3.05, 3.63) is 58.5 Å². The number of rotatable bonds is 4. The van der Waals surface area contributed by atoms with Gasteiger partial charge in [-0.15, -0.1) is 0 Å². The van der Waals surface area contributed by atoms with Crippen molar-refractivity contribution < 1.29 is 14.7 Å². The normalized spacial score (nSPS) is 12.9. The van der Waals surface area contributed by atoms with Crippen molar-refractivity contribution in [2.24, 2.45) is 5.92 Å². The Kier molecular flexibility index (Phi) is 5.12. The van der Waals surface area contributed by atoms with E-state index in [1.165, 1.54) is 25.1 Å². The molecule has 0 aliphatic heterocycles. The van der Waals surface area contributed by atoms with Crippen LogP contribution in [0.4, 0.5) is 5.82 Å². The molecule has 1 aliphatic carbocycles. The molecule has 134 valence electrons. The van der Waals surface area contributed by atoms with E-state index in [1.807, 2.05) is 28.9 Å². The van der Waals surface area contributed by atoms with Crippen LogP contribution in [-0.4, -0.2) is 32.3 Å². The van der Waals surface area contributed by atoms with E-state index in [0.29, 0.717) is 17.3 Å². The average Bonchev–Trinajstić information content (AvgIpc) is 3.39. The summed E-state index contributed by atoms with van der Waals surface area (Å²) in [7, 11) is 0. The molecule has 0 saturated heterocycles. The molecular weight excluding hydrogens is 336 g/mol. The first-order valence-electron chi connectivity index (χ1n) is 8.16. The van der Waals surface area contributed by atoms with E-state index in [-0.39, 0.29) is 17.9 Å². The number of carbonyl (C=O) groups is 2. The van der Waals surface area contributed by atoms with E-state index in [2.05, 4.69) is 15.4 Å². The van der Waals surface area contributed by atoms with E-state index in [9.17, 15) is 9.59 Å². The predicted octanol–water partition coefficient (Wildman–Crippen LogP) is 2.09. The number of pyridine rings is 1. The van der Waals surface area contributed by atoms with Crippen LogP contribution in [0.3, 0.4) is 0 Å². The van der Waals surface area contributed by atoms with Gasteiger partial charge in [0.25, 0.3) is 12.4 Å². The predicted molar refractivity (Wildman–Crippen MR) is 96.2 cm³/mol. The van der Waals surface area contributed by atoms with Gasteiger partial charge in [-0.3, -0.25) is 19.1 Å². The summed E-state index contributed by atoms with van der Waals surface area (Å²) in [5, 5.41) is 15.2. The van der Waals surface area contributed by atoms with Crippen molar-refractivity contribution in [1.29, 1.82) is 0 Å². The molecule has 3 aromatic rings. The SMILES string of the molecule is O=C(Nc1nn(CC2CC2)c2ccccc12)c1cc[nH]c(=O)c1.O=CO. The standard InChI is InChI=1S/C17H16N4O2.CH2O2/c22-15-9-12(7-8-18-15)17(23)19-16-13-3-1-2-4-14(13)21(20-16)10-11-5-6-11;2-1-3/h1-4,7-9,11H,5-6,10H2,(H,18,22)(H,19,20,23);1H,(H,2,3). The minimum Gasteiger partial charge on any atom is -0.483 e. The lowest BCUT2D eigenvalue weighted by Crippen LogP contribution is -2.16. The molecule has 2 heterocycles. The Balaban J connectivity index is 0.000000613. The minimum atomic E-state index is -0.335. The molecule has 3 N–H and O–H groups in total. The number of carboxylic acid groups (broad SMARTS) is 1. The lowest BCUT2D eigenvalue weighted by molar-refractivity contribution is -0.122. The van der Waals surface area contributed by atoms with Gasteiger partial charge in [-0.25, -0.2) is 0 Å². The molecule has 0 spiro atoms. The summed E-state index contributed by atoms with van der Waals surface area (Å²) >= 11 is 0. The van der Waals surface area contributed by atoms with E-state index in [4.69, 9.17) is 9.90 Å². The van der Waals surface area contributed by atoms with Crippen LogP contribution in [0.2, 0.25) is 0 Å². The molecule has 1 saturated carbocycles. The maximum atomic E-state index is 12.3. The number of fused-ring (bicyclic) bond motifs is 1. The fourth-order valence-electron chi connectivity index (χ4n) is 2.67. The summed E-state index contributed by atoms with van der Waals surface area (Å²) in [5.41, 5.74) is 1.02. The number of H-pyrrole nitrogens is 1. The van der Waals surface area contributed by atoms with Crippen LogP contribution in [0.1, 0.15) is 23.2 Å². The smallest absolute Gasteiger partial charge is 0.290 e. The van der Waals surface area contributed by atoms with E-state index >= 15 is 0 Å². The second-order valence-electron chi connectivity index (χ2n) is 5.99. The van der Waals surface area contributed by atoms with Crippen LogP contribution in [0, 0.1) is 5.92 Å². The average molecular weight is 354 g/mol. The zero-order chi connectivity index (χ0) is 18.5. The number of amides is 1. The Hall–Kier alpha value is -3.42. The van der Waals surface area contributed by atoms with Crippen molar-refractivity contribution in [2.45, 2.75) is 19.4 Å². The van der Waals surface area contributed by atoms with Gasteiger partial charge in [0, 0.05) is 29.8 Å². The Morgan fingerprint density at radius 2 is 2.08 bits per heavy atom. The Labute approximate surface area is 148 Å². The Bertz CT molecular complexity index is 988. The number of anilines is 1. The number of para-hydroxylation sites is 1. The number of nitrogens with one attached hydrogen (secondary N) is 2. The van der Waals surface area contributed by atoms with Crippen molar-refractivity contribution in [1.82, 2.24) is 14.8 Å². The molecule has 2 aromatic heterocycles. The molecule has 8 nitrogen and oxygen atoms in total. The molecule has 26 heavy (non-hydrogen) atoms. The molecule has 1 amide bonds. The summed E-state index contributed by atoms with van der Waals surface area (Å²) in [6.07, 6.45) is 3.94. The first-order chi connectivity index (χ1) is 12.6. The fourth-order valence-corrected chi connectivity index (χ4v) is 2.67. The van der Waals surface area contributed by atoms with Gasteiger partial charge >= 0.3 is 0 Å². The summed E-state index contributed by atoms with van der Waals surface area (Å²) < 4.78 is 1.96. The number of aromatic amines is 1. The van der Waals surface area contributed by atoms with Gasteiger partial charge in [0.1, 0.15) is 0 Å². The molecular formula is C18H18N4O4. The van der Waals surface area contributed by atoms with Crippen molar-refractivity contribution in [2.75, 3.05) is 5.32 Å². The fraction of sp³-hybridized carbons (Fsp3) is 0.222. The first-order valence-corrected chi connectivity index (χ1v) is 8.16. The maximum Gasteiger partial charge on any atom is 0.290 e. The second-order valence-corrected chi connectivity index (χ2v) is 5.99. The van der Waals surface area contributed by atoms with Crippen LogP contribution in [0.5, 0.6) is 0 Å². The third-order valence-corrected chi connectivity index (χ3v) is 4.06. The minimum absolute atomic E-state index is 0.250. The monoisotopic (exact) mass is 354 g/mol. The zero-order valence-electron chi connectivity index (χ0n) is 13.9. The Morgan fingerprint density at radius 3 is 2.77 bits per heavy atom. The van der Waals surface area contributed by atoms with Gasteiger partial charge in [0.15, 0.2) is 5.82 Å².